The van der Waals surface area contributed by atoms with Gasteiger partial charge in [-0.05, 0) is 25.7 Å². The molecule has 0 N–H and O–H groups in total. The van der Waals surface area contributed by atoms with E-state index in [-0.39, 0.29) is 0 Å². The minimum Gasteiger partial charge on any atom is -0.300 e. The minimum absolute atomic E-state index is 0.412. The summed E-state index contributed by atoms with van der Waals surface area (Å²) in [6, 6.07) is 0. The molecule has 2 heteroatoms. The molecular formula is C14H28O2. The van der Waals surface area contributed by atoms with Gasteiger partial charge in [0.15, 0.2) is 0 Å². The predicted molar refractivity (Wildman–Crippen MR) is 69.6 cm³/mol. The molecule has 0 aliphatic heterocycles. The second-order valence-electron chi connectivity index (χ2n) is 4.08. The molecule has 2 nitrogen and oxygen atoms in total. The second kappa shape index (κ2) is 14.3. The van der Waals surface area contributed by atoms with Crippen molar-refractivity contribution in [3.8, 4) is 0 Å². The smallest absolute Gasteiger partial charge is 0.132 e. The van der Waals surface area contributed by atoms with Crippen LogP contribution in [0.2, 0.25) is 0 Å². The van der Waals surface area contributed by atoms with Gasteiger partial charge in [-0.3, -0.25) is 9.59 Å². The molecular weight excluding hydrogens is 200 g/mol. The summed E-state index contributed by atoms with van der Waals surface area (Å²) in [7, 11) is 0. The van der Waals surface area contributed by atoms with Crippen molar-refractivity contribution in [3.05, 3.63) is 0 Å². The Kier molecular flexibility index (Phi) is 15.9. The van der Waals surface area contributed by atoms with E-state index < -0.39 is 0 Å². The van der Waals surface area contributed by atoms with Crippen molar-refractivity contribution in [1.29, 1.82) is 0 Å². The van der Waals surface area contributed by atoms with Gasteiger partial charge in [-0.2, -0.15) is 0 Å². The fourth-order valence-electron chi connectivity index (χ4n) is 1.37. The number of rotatable bonds is 8. The van der Waals surface area contributed by atoms with Crippen LogP contribution in [-0.2, 0) is 9.59 Å². The molecule has 0 saturated carbocycles. The second-order valence-corrected chi connectivity index (χ2v) is 4.08. The first-order valence-electron chi connectivity index (χ1n) is 6.65. The molecule has 0 amide bonds. The quantitative estimate of drug-likeness (QED) is 0.620. The van der Waals surface area contributed by atoms with Crippen LogP contribution < -0.4 is 0 Å². The lowest BCUT2D eigenvalue weighted by atomic mass is 10.1. The van der Waals surface area contributed by atoms with E-state index in [1.807, 2.05) is 27.7 Å². The zero-order valence-electron chi connectivity index (χ0n) is 11.5. The number of carbonyl (C=O) groups is 2. The van der Waals surface area contributed by atoms with Crippen molar-refractivity contribution in [2.24, 2.45) is 0 Å². The van der Waals surface area contributed by atoms with Gasteiger partial charge in [0.2, 0.25) is 0 Å². The van der Waals surface area contributed by atoms with Gasteiger partial charge in [0.1, 0.15) is 11.6 Å². The Labute approximate surface area is 101 Å². The zero-order valence-corrected chi connectivity index (χ0v) is 11.5. The first-order valence-corrected chi connectivity index (χ1v) is 6.65. The van der Waals surface area contributed by atoms with E-state index in [9.17, 15) is 9.59 Å². The summed E-state index contributed by atoms with van der Waals surface area (Å²) in [6.45, 7) is 8.14. The van der Waals surface area contributed by atoms with Crippen molar-refractivity contribution in [3.63, 3.8) is 0 Å². The van der Waals surface area contributed by atoms with E-state index in [1.165, 1.54) is 0 Å². The highest BCUT2D eigenvalue weighted by atomic mass is 16.1. The topological polar surface area (TPSA) is 34.1 Å². The molecule has 16 heavy (non-hydrogen) atoms. The van der Waals surface area contributed by atoms with Crippen LogP contribution in [0.4, 0.5) is 0 Å². The molecule has 0 bridgehead atoms. The third-order valence-corrected chi connectivity index (χ3v) is 2.12. The summed E-state index contributed by atoms with van der Waals surface area (Å²) < 4.78 is 0. The van der Waals surface area contributed by atoms with Crippen LogP contribution in [0, 0.1) is 0 Å². The standard InChI is InChI=1S/2C7H14O/c2*1-3-5-7(8)6-4-2/h2*3-6H2,1-2H3. The van der Waals surface area contributed by atoms with Crippen molar-refractivity contribution < 1.29 is 9.59 Å². The van der Waals surface area contributed by atoms with E-state index in [0.717, 1.165) is 51.4 Å². The van der Waals surface area contributed by atoms with E-state index in [4.69, 9.17) is 0 Å². The molecule has 0 fully saturated rings. The molecule has 0 radical (unpaired) electrons. The third-order valence-electron chi connectivity index (χ3n) is 2.12. The van der Waals surface area contributed by atoms with Crippen LogP contribution in [-0.4, -0.2) is 11.6 Å². The van der Waals surface area contributed by atoms with Crippen molar-refractivity contribution >= 4 is 11.6 Å². The Bertz CT molecular complexity index is 138. The molecule has 0 aromatic carbocycles. The molecule has 0 rings (SSSR count). The molecule has 0 aliphatic rings. The summed E-state index contributed by atoms with van der Waals surface area (Å²) in [5, 5.41) is 0. The lowest BCUT2D eigenvalue weighted by molar-refractivity contribution is -0.119. The molecule has 0 saturated heterocycles. The zero-order chi connectivity index (χ0) is 12.8. The van der Waals surface area contributed by atoms with Crippen molar-refractivity contribution in [1.82, 2.24) is 0 Å². The summed E-state index contributed by atoms with van der Waals surface area (Å²) in [5.74, 6) is 0.824. The van der Waals surface area contributed by atoms with Crippen LogP contribution >= 0.6 is 0 Å². The number of Topliss-reactive ketones (excluding diaryl/α,β-unsaturated/α-hetero) is 2. The first kappa shape index (κ1) is 17.7. The Morgan fingerprint density at radius 2 is 0.750 bits per heavy atom. The van der Waals surface area contributed by atoms with Crippen molar-refractivity contribution in [2.75, 3.05) is 0 Å². The predicted octanol–water partition coefficient (Wildman–Crippen LogP) is 4.31. The van der Waals surface area contributed by atoms with Gasteiger partial charge < -0.3 is 0 Å². The molecule has 0 unspecified atom stereocenters. The van der Waals surface area contributed by atoms with Crippen LogP contribution in [0.3, 0.4) is 0 Å². The van der Waals surface area contributed by atoms with Gasteiger partial charge in [-0.1, -0.05) is 27.7 Å². The lowest BCUT2D eigenvalue weighted by Crippen LogP contribution is -1.93. The largest absolute Gasteiger partial charge is 0.300 e. The van der Waals surface area contributed by atoms with Gasteiger partial charge in [0, 0.05) is 25.7 Å². The van der Waals surface area contributed by atoms with Gasteiger partial charge in [-0.15, -0.1) is 0 Å². The van der Waals surface area contributed by atoms with Gasteiger partial charge in [0.25, 0.3) is 0 Å². The van der Waals surface area contributed by atoms with Crippen LogP contribution in [0.5, 0.6) is 0 Å². The Balaban J connectivity index is 0. The average molecular weight is 228 g/mol. The van der Waals surface area contributed by atoms with E-state index in [1.54, 1.807) is 0 Å². The fourth-order valence-corrected chi connectivity index (χ4v) is 1.37. The van der Waals surface area contributed by atoms with Gasteiger partial charge in [-0.25, -0.2) is 0 Å². The van der Waals surface area contributed by atoms with Gasteiger partial charge >= 0.3 is 0 Å². The highest BCUT2D eigenvalue weighted by Gasteiger charge is 1.95. The van der Waals surface area contributed by atoms with Crippen LogP contribution in [0.1, 0.15) is 79.1 Å². The normalized spacial score (nSPS) is 9.25. The molecule has 0 heterocycles. The lowest BCUT2D eigenvalue weighted by Gasteiger charge is -1.91. The maximum atomic E-state index is 10.6. The van der Waals surface area contributed by atoms with Crippen LogP contribution in [0.25, 0.3) is 0 Å². The fraction of sp³-hybridized carbons (Fsp3) is 0.857. The Morgan fingerprint density at radius 3 is 0.875 bits per heavy atom. The van der Waals surface area contributed by atoms with Crippen LogP contribution in [0.15, 0.2) is 0 Å². The number of hydrogen-bond acceptors (Lipinski definition) is 2. The summed E-state index contributed by atoms with van der Waals surface area (Å²) in [4.78, 5) is 21.3. The number of hydrogen-bond donors (Lipinski definition) is 0. The molecule has 0 aliphatic carbocycles. The highest BCUT2D eigenvalue weighted by Crippen LogP contribution is 1.96. The maximum absolute atomic E-state index is 10.6. The average Bonchev–Trinajstić information content (AvgIpc) is 2.20. The minimum atomic E-state index is 0.412. The summed E-state index contributed by atoms with van der Waals surface area (Å²) >= 11 is 0. The number of carbonyl (C=O) groups excluding carboxylic acids is 2. The van der Waals surface area contributed by atoms with Crippen molar-refractivity contribution in [2.45, 2.75) is 79.1 Å². The molecule has 96 valence electrons. The number of ketones is 2. The summed E-state index contributed by atoms with van der Waals surface area (Å²) in [6.07, 6.45) is 7.08. The SMILES string of the molecule is CCCC(=O)CCC.CCCC(=O)CCC. The molecule has 0 aromatic rings. The van der Waals surface area contributed by atoms with E-state index in [2.05, 4.69) is 0 Å². The maximum Gasteiger partial charge on any atom is 0.132 e. The van der Waals surface area contributed by atoms with E-state index in [0.29, 0.717) is 11.6 Å². The van der Waals surface area contributed by atoms with E-state index >= 15 is 0 Å². The molecule has 0 spiro atoms. The summed E-state index contributed by atoms with van der Waals surface area (Å²) in [5.41, 5.74) is 0. The highest BCUT2D eigenvalue weighted by molar-refractivity contribution is 5.78. The molecule has 0 atom stereocenters. The molecule has 0 aromatic heterocycles. The Morgan fingerprint density at radius 1 is 0.562 bits per heavy atom. The Hall–Kier alpha value is -0.660. The van der Waals surface area contributed by atoms with Gasteiger partial charge in [0.05, 0.1) is 0 Å². The first-order chi connectivity index (χ1) is 7.62. The monoisotopic (exact) mass is 228 g/mol. The third kappa shape index (κ3) is 15.8.